The SMILES string of the molecule is Cc1ncc(C(=O)NC2CCCCC2)c([C@H]2CCCN2C(=O)c2n[nH]c3c2CCCC3)n1. The van der Waals surface area contributed by atoms with Gasteiger partial charge in [-0.2, -0.15) is 5.10 Å². The number of hydrogen-bond acceptors (Lipinski definition) is 5. The maximum absolute atomic E-state index is 13.5. The number of likely N-dealkylation sites (tertiary alicyclic amines) is 1. The van der Waals surface area contributed by atoms with Crippen LogP contribution in [-0.2, 0) is 12.8 Å². The van der Waals surface area contributed by atoms with Gasteiger partial charge in [0.05, 0.1) is 17.3 Å². The van der Waals surface area contributed by atoms with Gasteiger partial charge in [-0.05, 0) is 58.3 Å². The zero-order chi connectivity index (χ0) is 22.1. The van der Waals surface area contributed by atoms with Crippen LogP contribution in [0, 0.1) is 6.92 Å². The van der Waals surface area contributed by atoms with E-state index in [1.165, 1.54) is 6.42 Å². The van der Waals surface area contributed by atoms with E-state index in [9.17, 15) is 9.59 Å². The minimum absolute atomic E-state index is 0.0539. The third kappa shape index (κ3) is 4.02. The molecule has 2 aliphatic carbocycles. The highest BCUT2D eigenvalue weighted by molar-refractivity contribution is 5.97. The van der Waals surface area contributed by atoms with Crippen LogP contribution in [0.5, 0.6) is 0 Å². The zero-order valence-electron chi connectivity index (χ0n) is 18.8. The molecule has 0 spiro atoms. The van der Waals surface area contributed by atoms with Gasteiger partial charge in [-0.3, -0.25) is 14.7 Å². The van der Waals surface area contributed by atoms with Gasteiger partial charge in [-0.15, -0.1) is 0 Å². The fraction of sp³-hybridized carbons (Fsp3) is 0.625. The van der Waals surface area contributed by atoms with E-state index in [0.29, 0.717) is 29.3 Å². The number of nitrogens with one attached hydrogen (secondary N) is 2. The molecule has 32 heavy (non-hydrogen) atoms. The molecule has 2 fully saturated rings. The first-order valence-electron chi connectivity index (χ1n) is 12.1. The Balaban J connectivity index is 1.42. The summed E-state index contributed by atoms with van der Waals surface area (Å²) in [4.78, 5) is 37.6. The number of nitrogens with zero attached hydrogens (tertiary/aromatic N) is 4. The first-order chi connectivity index (χ1) is 15.6. The summed E-state index contributed by atoms with van der Waals surface area (Å²) >= 11 is 0. The second-order valence-electron chi connectivity index (χ2n) is 9.42. The maximum Gasteiger partial charge on any atom is 0.275 e. The summed E-state index contributed by atoms with van der Waals surface area (Å²) in [5.74, 6) is 0.441. The first kappa shape index (κ1) is 21.1. The van der Waals surface area contributed by atoms with Gasteiger partial charge in [0.15, 0.2) is 5.69 Å². The highest BCUT2D eigenvalue weighted by atomic mass is 16.2. The Labute approximate surface area is 188 Å². The lowest BCUT2D eigenvalue weighted by atomic mass is 9.95. The predicted molar refractivity (Wildman–Crippen MR) is 119 cm³/mol. The monoisotopic (exact) mass is 436 g/mol. The fourth-order valence-electron chi connectivity index (χ4n) is 5.51. The van der Waals surface area contributed by atoms with Gasteiger partial charge < -0.3 is 10.2 Å². The molecule has 8 nitrogen and oxygen atoms in total. The zero-order valence-corrected chi connectivity index (χ0v) is 18.8. The number of H-pyrrole nitrogens is 1. The Bertz CT molecular complexity index is 1010. The van der Waals surface area contributed by atoms with Gasteiger partial charge in [-0.1, -0.05) is 19.3 Å². The standard InChI is InChI=1S/C24H32N6O2/c1-15-25-14-18(23(31)27-16-8-3-2-4-9-16)21(26-15)20-12-7-13-30(20)24(32)22-17-10-5-6-11-19(17)28-29-22/h14,16,20H,2-13H2,1H3,(H,27,31)(H,28,29)/t20-/m1/s1. The lowest BCUT2D eigenvalue weighted by Gasteiger charge is -2.27. The molecule has 0 bridgehead atoms. The van der Waals surface area contributed by atoms with Crippen LogP contribution in [0.25, 0.3) is 0 Å². The second-order valence-corrected chi connectivity index (χ2v) is 9.42. The average molecular weight is 437 g/mol. The molecule has 2 aromatic heterocycles. The first-order valence-corrected chi connectivity index (χ1v) is 12.1. The molecule has 2 N–H and O–H groups in total. The third-order valence-corrected chi connectivity index (χ3v) is 7.21. The number of carbonyl (C=O) groups is 2. The van der Waals surface area contributed by atoms with E-state index in [1.54, 1.807) is 6.20 Å². The smallest absolute Gasteiger partial charge is 0.275 e. The molecule has 3 heterocycles. The lowest BCUT2D eigenvalue weighted by molar-refractivity contribution is 0.0721. The van der Waals surface area contributed by atoms with Crippen LogP contribution in [0.2, 0.25) is 0 Å². The van der Waals surface area contributed by atoms with Crippen molar-refractivity contribution in [1.29, 1.82) is 0 Å². The molecular formula is C24H32N6O2. The minimum atomic E-state index is -0.229. The van der Waals surface area contributed by atoms with Crippen molar-refractivity contribution in [3.8, 4) is 0 Å². The Morgan fingerprint density at radius 1 is 1.06 bits per heavy atom. The van der Waals surface area contributed by atoms with Crippen molar-refractivity contribution in [3.63, 3.8) is 0 Å². The van der Waals surface area contributed by atoms with Crippen molar-refractivity contribution >= 4 is 11.8 Å². The van der Waals surface area contributed by atoms with Crippen molar-refractivity contribution in [2.45, 2.75) is 89.6 Å². The quantitative estimate of drug-likeness (QED) is 0.764. The summed E-state index contributed by atoms with van der Waals surface area (Å²) in [7, 11) is 0. The van der Waals surface area contributed by atoms with Crippen molar-refractivity contribution in [1.82, 2.24) is 30.4 Å². The van der Waals surface area contributed by atoms with Crippen LogP contribution in [0.3, 0.4) is 0 Å². The Morgan fingerprint density at radius 3 is 2.72 bits per heavy atom. The number of aromatic nitrogens is 4. The fourth-order valence-corrected chi connectivity index (χ4v) is 5.51. The van der Waals surface area contributed by atoms with E-state index < -0.39 is 0 Å². The Morgan fingerprint density at radius 2 is 1.88 bits per heavy atom. The normalized spacial score (nSPS) is 21.4. The summed E-state index contributed by atoms with van der Waals surface area (Å²) in [6, 6.07) is -0.0189. The lowest BCUT2D eigenvalue weighted by Crippen LogP contribution is -2.38. The summed E-state index contributed by atoms with van der Waals surface area (Å²) in [5.41, 5.74) is 3.88. The Kier molecular flexibility index (Phi) is 5.93. The molecule has 3 aliphatic rings. The van der Waals surface area contributed by atoms with Crippen LogP contribution in [0.1, 0.15) is 107 Å². The second kappa shape index (κ2) is 9.00. The van der Waals surface area contributed by atoms with E-state index >= 15 is 0 Å². The largest absolute Gasteiger partial charge is 0.349 e. The van der Waals surface area contributed by atoms with E-state index in [2.05, 4.69) is 25.5 Å². The average Bonchev–Trinajstić information content (AvgIpc) is 3.47. The van der Waals surface area contributed by atoms with E-state index in [4.69, 9.17) is 0 Å². The molecule has 1 saturated heterocycles. The number of amides is 2. The number of aromatic amines is 1. The number of aryl methyl sites for hydroxylation is 2. The number of carbonyl (C=O) groups excluding carboxylic acids is 2. The van der Waals surface area contributed by atoms with Gasteiger partial charge in [-0.25, -0.2) is 9.97 Å². The van der Waals surface area contributed by atoms with Crippen LogP contribution >= 0.6 is 0 Å². The van der Waals surface area contributed by atoms with Crippen LogP contribution < -0.4 is 5.32 Å². The number of rotatable bonds is 4. The van der Waals surface area contributed by atoms with Gasteiger partial charge >= 0.3 is 0 Å². The van der Waals surface area contributed by atoms with Crippen LogP contribution in [-0.4, -0.2) is 49.5 Å². The highest BCUT2D eigenvalue weighted by Crippen LogP contribution is 2.35. The molecule has 2 aromatic rings. The Hall–Kier alpha value is -2.77. The summed E-state index contributed by atoms with van der Waals surface area (Å²) in [6.07, 6.45) is 13.0. The van der Waals surface area contributed by atoms with E-state index in [1.807, 2.05) is 11.8 Å². The molecule has 170 valence electrons. The molecule has 2 amide bonds. The predicted octanol–water partition coefficient (Wildman–Crippen LogP) is 3.43. The van der Waals surface area contributed by atoms with Crippen molar-refractivity contribution < 1.29 is 9.59 Å². The van der Waals surface area contributed by atoms with Crippen LogP contribution in [0.4, 0.5) is 0 Å². The topological polar surface area (TPSA) is 104 Å². The summed E-state index contributed by atoms with van der Waals surface area (Å²) in [5, 5.41) is 10.7. The van der Waals surface area contributed by atoms with Crippen molar-refractivity contribution in [2.24, 2.45) is 0 Å². The summed E-state index contributed by atoms with van der Waals surface area (Å²) < 4.78 is 0. The number of hydrogen-bond donors (Lipinski definition) is 2. The van der Waals surface area contributed by atoms with E-state index in [-0.39, 0.29) is 23.9 Å². The molecule has 0 aromatic carbocycles. The summed E-state index contributed by atoms with van der Waals surface area (Å²) in [6.45, 7) is 2.48. The van der Waals surface area contributed by atoms with Gasteiger partial charge in [0.1, 0.15) is 5.82 Å². The molecule has 0 unspecified atom stereocenters. The van der Waals surface area contributed by atoms with E-state index in [0.717, 1.165) is 75.5 Å². The molecule has 8 heteroatoms. The van der Waals surface area contributed by atoms with Crippen molar-refractivity contribution in [3.05, 3.63) is 40.2 Å². The maximum atomic E-state index is 13.5. The minimum Gasteiger partial charge on any atom is -0.349 e. The molecule has 1 saturated carbocycles. The van der Waals surface area contributed by atoms with Gasteiger partial charge in [0.25, 0.3) is 11.8 Å². The number of fused-ring (bicyclic) bond motifs is 1. The molecule has 1 atom stereocenters. The van der Waals surface area contributed by atoms with Gasteiger partial charge in [0, 0.05) is 30.0 Å². The molecule has 0 radical (unpaired) electrons. The van der Waals surface area contributed by atoms with Crippen molar-refractivity contribution in [2.75, 3.05) is 6.54 Å². The molecule has 5 rings (SSSR count). The van der Waals surface area contributed by atoms with Crippen LogP contribution in [0.15, 0.2) is 6.20 Å². The highest BCUT2D eigenvalue weighted by Gasteiger charge is 2.37. The molecular weight excluding hydrogens is 404 g/mol. The third-order valence-electron chi connectivity index (χ3n) is 7.21. The molecule has 1 aliphatic heterocycles. The van der Waals surface area contributed by atoms with Gasteiger partial charge in [0.2, 0.25) is 0 Å².